The lowest BCUT2D eigenvalue weighted by atomic mass is 10.2. The molecule has 2 rings (SSSR count). The smallest absolute Gasteiger partial charge is 0.0759 e. The summed E-state index contributed by atoms with van der Waals surface area (Å²) >= 11 is 0. The molecular formula is C12H20N4. The molecule has 1 saturated heterocycles. The van der Waals surface area contributed by atoms with Crippen molar-refractivity contribution in [3.63, 3.8) is 0 Å². The lowest BCUT2D eigenvalue weighted by Gasteiger charge is -2.27. The molecule has 0 aromatic carbocycles. The SMILES string of the molecule is Cc1nc(C)c(CN2CCNCC2)nc1C. The summed E-state index contributed by atoms with van der Waals surface area (Å²) in [5.41, 5.74) is 4.30. The largest absolute Gasteiger partial charge is 0.314 e. The molecule has 0 bridgehead atoms. The third kappa shape index (κ3) is 2.57. The molecule has 0 amide bonds. The maximum Gasteiger partial charge on any atom is 0.0759 e. The molecule has 16 heavy (non-hydrogen) atoms. The Morgan fingerprint density at radius 3 is 2.31 bits per heavy atom. The number of rotatable bonds is 2. The van der Waals surface area contributed by atoms with E-state index in [2.05, 4.69) is 27.1 Å². The van der Waals surface area contributed by atoms with Crippen molar-refractivity contribution in [1.29, 1.82) is 0 Å². The zero-order valence-electron chi connectivity index (χ0n) is 10.4. The Hall–Kier alpha value is -1.00. The summed E-state index contributed by atoms with van der Waals surface area (Å²) in [4.78, 5) is 11.6. The van der Waals surface area contributed by atoms with Crippen LogP contribution in [-0.4, -0.2) is 41.0 Å². The summed E-state index contributed by atoms with van der Waals surface area (Å²) in [6.45, 7) is 11.4. The number of nitrogens with zero attached hydrogens (tertiary/aromatic N) is 3. The van der Waals surface area contributed by atoms with Crippen molar-refractivity contribution in [2.75, 3.05) is 26.2 Å². The molecule has 1 aliphatic rings. The molecule has 0 aliphatic carbocycles. The van der Waals surface area contributed by atoms with Gasteiger partial charge in [0.05, 0.1) is 22.8 Å². The fourth-order valence-corrected chi connectivity index (χ4v) is 1.99. The summed E-state index contributed by atoms with van der Waals surface area (Å²) in [5, 5.41) is 3.36. The Morgan fingerprint density at radius 2 is 1.62 bits per heavy atom. The molecule has 2 heterocycles. The molecule has 1 aliphatic heterocycles. The van der Waals surface area contributed by atoms with E-state index >= 15 is 0 Å². The molecule has 4 heteroatoms. The average molecular weight is 220 g/mol. The van der Waals surface area contributed by atoms with Gasteiger partial charge >= 0.3 is 0 Å². The van der Waals surface area contributed by atoms with E-state index < -0.39 is 0 Å². The fourth-order valence-electron chi connectivity index (χ4n) is 1.99. The van der Waals surface area contributed by atoms with Crippen LogP contribution in [0.2, 0.25) is 0 Å². The van der Waals surface area contributed by atoms with Crippen LogP contribution >= 0.6 is 0 Å². The molecule has 0 spiro atoms. The highest BCUT2D eigenvalue weighted by Gasteiger charge is 2.13. The lowest BCUT2D eigenvalue weighted by Crippen LogP contribution is -2.43. The molecule has 1 aromatic rings. The first-order valence-corrected chi connectivity index (χ1v) is 5.90. The Labute approximate surface area is 97.1 Å². The van der Waals surface area contributed by atoms with Gasteiger partial charge in [0.15, 0.2) is 0 Å². The number of piperazine rings is 1. The maximum absolute atomic E-state index is 4.64. The number of hydrogen-bond donors (Lipinski definition) is 1. The van der Waals surface area contributed by atoms with E-state index in [4.69, 9.17) is 0 Å². The second-order valence-electron chi connectivity index (χ2n) is 4.45. The monoisotopic (exact) mass is 220 g/mol. The predicted octanol–water partition coefficient (Wildman–Crippen LogP) is 0.807. The predicted molar refractivity (Wildman–Crippen MR) is 64.4 cm³/mol. The number of aromatic nitrogens is 2. The van der Waals surface area contributed by atoms with Gasteiger partial charge in [-0.2, -0.15) is 0 Å². The van der Waals surface area contributed by atoms with Gasteiger partial charge in [-0.25, -0.2) is 0 Å². The van der Waals surface area contributed by atoms with Gasteiger partial charge in [-0.15, -0.1) is 0 Å². The molecule has 0 radical (unpaired) electrons. The first-order chi connectivity index (χ1) is 7.66. The van der Waals surface area contributed by atoms with Crippen molar-refractivity contribution >= 4 is 0 Å². The van der Waals surface area contributed by atoms with Gasteiger partial charge in [-0.05, 0) is 20.8 Å². The highest BCUT2D eigenvalue weighted by atomic mass is 15.2. The molecule has 1 N–H and O–H groups in total. The Bertz CT molecular complexity index is 370. The maximum atomic E-state index is 4.64. The molecule has 0 unspecified atom stereocenters. The topological polar surface area (TPSA) is 41.1 Å². The fraction of sp³-hybridized carbons (Fsp3) is 0.667. The minimum absolute atomic E-state index is 0.932. The quantitative estimate of drug-likeness (QED) is 0.800. The van der Waals surface area contributed by atoms with Crippen molar-refractivity contribution in [2.24, 2.45) is 0 Å². The van der Waals surface area contributed by atoms with Crippen LogP contribution in [0.15, 0.2) is 0 Å². The highest BCUT2D eigenvalue weighted by molar-refractivity contribution is 5.17. The second kappa shape index (κ2) is 4.89. The van der Waals surface area contributed by atoms with Crippen molar-refractivity contribution in [3.05, 3.63) is 22.8 Å². The first kappa shape index (κ1) is 11.5. The average Bonchev–Trinajstić information content (AvgIpc) is 2.27. The van der Waals surface area contributed by atoms with Crippen molar-refractivity contribution in [2.45, 2.75) is 27.3 Å². The minimum Gasteiger partial charge on any atom is -0.314 e. The zero-order chi connectivity index (χ0) is 11.5. The number of aryl methyl sites for hydroxylation is 3. The van der Waals surface area contributed by atoms with Crippen LogP contribution in [0.3, 0.4) is 0 Å². The second-order valence-corrected chi connectivity index (χ2v) is 4.45. The molecule has 0 atom stereocenters. The van der Waals surface area contributed by atoms with Gasteiger partial charge in [0.1, 0.15) is 0 Å². The summed E-state index contributed by atoms with van der Waals surface area (Å²) in [5.74, 6) is 0. The molecule has 88 valence electrons. The van der Waals surface area contributed by atoms with Crippen LogP contribution < -0.4 is 5.32 Å². The number of hydrogen-bond acceptors (Lipinski definition) is 4. The minimum atomic E-state index is 0.932. The normalized spacial score (nSPS) is 17.7. The van der Waals surface area contributed by atoms with E-state index in [0.717, 1.165) is 55.5 Å². The van der Waals surface area contributed by atoms with Crippen LogP contribution in [0.4, 0.5) is 0 Å². The van der Waals surface area contributed by atoms with Crippen LogP contribution in [0, 0.1) is 20.8 Å². The Kier molecular flexibility index (Phi) is 3.51. The zero-order valence-corrected chi connectivity index (χ0v) is 10.4. The summed E-state index contributed by atoms with van der Waals surface area (Å²) in [6.07, 6.45) is 0. The molecule has 1 fully saturated rings. The molecule has 1 aromatic heterocycles. The lowest BCUT2D eigenvalue weighted by molar-refractivity contribution is 0.230. The van der Waals surface area contributed by atoms with E-state index in [-0.39, 0.29) is 0 Å². The van der Waals surface area contributed by atoms with E-state index in [1.165, 1.54) is 0 Å². The third-order valence-corrected chi connectivity index (χ3v) is 3.16. The third-order valence-electron chi connectivity index (χ3n) is 3.16. The van der Waals surface area contributed by atoms with E-state index in [9.17, 15) is 0 Å². The van der Waals surface area contributed by atoms with Gasteiger partial charge < -0.3 is 5.32 Å². The van der Waals surface area contributed by atoms with E-state index in [0.29, 0.717) is 0 Å². The van der Waals surface area contributed by atoms with Crippen LogP contribution in [-0.2, 0) is 6.54 Å². The Balaban J connectivity index is 2.11. The summed E-state index contributed by atoms with van der Waals surface area (Å²) in [7, 11) is 0. The van der Waals surface area contributed by atoms with Crippen LogP contribution in [0.1, 0.15) is 22.8 Å². The standard InChI is InChI=1S/C12H20N4/c1-9-10(2)15-12(11(3)14-9)8-16-6-4-13-5-7-16/h13H,4-8H2,1-3H3. The van der Waals surface area contributed by atoms with Gasteiger partial charge in [0, 0.05) is 32.7 Å². The van der Waals surface area contributed by atoms with Crippen molar-refractivity contribution in [3.8, 4) is 0 Å². The molecule has 0 saturated carbocycles. The van der Waals surface area contributed by atoms with Gasteiger partial charge in [-0.1, -0.05) is 0 Å². The Morgan fingerprint density at radius 1 is 1.00 bits per heavy atom. The van der Waals surface area contributed by atoms with Crippen LogP contribution in [0.5, 0.6) is 0 Å². The van der Waals surface area contributed by atoms with Crippen molar-refractivity contribution in [1.82, 2.24) is 20.2 Å². The first-order valence-electron chi connectivity index (χ1n) is 5.90. The van der Waals surface area contributed by atoms with Gasteiger partial charge in [-0.3, -0.25) is 14.9 Å². The molecule has 4 nitrogen and oxygen atoms in total. The number of nitrogens with one attached hydrogen (secondary N) is 1. The van der Waals surface area contributed by atoms with Crippen molar-refractivity contribution < 1.29 is 0 Å². The van der Waals surface area contributed by atoms with Crippen LogP contribution in [0.25, 0.3) is 0 Å². The van der Waals surface area contributed by atoms with Gasteiger partial charge in [0.2, 0.25) is 0 Å². The molecular weight excluding hydrogens is 200 g/mol. The highest BCUT2D eigenvalue weighted by Crippen LogP contribution is 2.10. The van der Waals surface area contributed by atoms with E-state index in [1.807, 2.05) is 13.8 Å². The summed E-state index contributed by atoms with van der Waals surface area (Å²) < 4.78 is 0. The summed E-state index contributed by atoms with van der Waals surface area (Å²) in [6, 6.07) is 0. The van der Waals surface area contributed by atoms with Gasteiger partial charge in [0.25, 0.3) is 0 Å². The van der Waals surface area contributed by atoms with E-state index in [1.54, 1.807) is 0 Å².